The van der Waals surface area contributed by atoms with Crippen molar-refractivity contribution in [1.82, 2.24) is 15.6 Å². The van der Waals surface area contributed by atoms with E-state index in [1.54, 1.807) is 6.07 Å². The highest BCUT2D eigenvalue weighted by molar-refractivity contribution is 5.85. The van der Waals surface area contributed by atoms with Crippen molar-refractivity contribution in [2.45, 2.75) is 31.9 Å². The predicted octanol–water partition coefficient (Wildman–Crippen LogP) is 1.15. The maximum atomic E-state index is 11.6. The van der Waals surface area contributed by atoms with E-state index >= 15 is 0 Å². The number of carboxylic acid groups (broad SMARTS) is 1. The molecule has 1 saturated heterocycles. The third-order valence-corrected chi connectivity index (χ3v) is 3.26. The normalized spacial score (nSPS) is 18.0. The van der Waals surface area contributed by atoms with Gasteiger partial charge in [0.1, 0.15) is 5.69 Å². The van der Waals surface area contributed by atoms with Crippen LogP contribution in [0.4, 0.5) is 4.79 Å². The zero-order valence-electron chi connectivity index (χ0n) is 11.7. The Kier molecular flexibility index (Phi) is 5.51. The monoisotopic (exact) mass is 293 g/mol. The SMILES string of the molecule is O=C(NCc1ccc(C(=O)O)nc1)NCC1CCCCO1. The minimum Gasteiger partial charge on any atom is -0.477 e. The van der Waals surface area contributed by atoms with Crippen LogP contribution in [0, 0.1) is 0 Å². The van der Waals surface area contributed by atoms with Crippen molar-refractivity contribution < 1.29 is 19.4 Å². The number of aromatic carboxylic acids is 1. The molecule has 2 heterocycles. The minimum atomic E-state index is -1.07. The summed E-state index contributed by atoms with van der Waals surface area (Å²) < 4.78 is 5.52. The summed E-state index contributed by atoms with van der Waals surface area (Å²) in [6.45, 7) is 1.56. The molecule has 2 rings (SSSR count). The smallest absolute Gasteiger partial charge is 0.354 e. The molecule has 1 aliphatic rings. The van der Waals surface area contributed by atoms with Gasteiger partial charge in [0.2, 0.25) is 0 Å². The Hall–Kier alpha value is -2.15. The van der Waals surface area contributed by atoms with E-state index in [-0.39, 0.29) is 17.8 Å². The van der Waals surface area contributed by atoms with Gasteiger partial charge >= 0.3 is 12.0 Å². The summed E-state index contributed by atoms with van der Waals surface area (Å²) in [5.41, 5.74) is 0.724. The Balaban J connectivity index is 1.69. The molecule has 114 valence electrons. The number of ether oxygens (including phenoxy) is 1. The fourth-order valence-corrected chi connectivity index (χ4v) is 2.08. The van der Waals surface area contributed by atoms with E-state index in [0.717, 1.165) is 31.4 Å². The van der Waals surface area contributed by atoms with Crippen molar-refractivity contribution in [2.24, 2.45) is 0 Å². The molecule has 1 aliphatic heterocycles. The molecule has 1 aromatic heterocycles. The van der Waals surface area contributed by atoms with Crippen LogP contribution in [0.3, 0.4) is 0 Å². The molecule has 0 saturated carbocycles. The third kappa shape index (κ3) is 5.03. The number of carbonyl (C=O) groups is 2. The summed E-state index contributed by atoms with van der Waals surface area (Å²) >= 11 is 0. The fourth-order valence-electron chi connectivity index (χ4n) is 2.08. The van der Waals surface area contributed by atoms with Crippen LogP contribution in [-0.4, -0.2) is 41.3 Å². The van der Waals surface area contributed by atoms with Crippen molar-refractivity contribution in [3.05, 3.63) is 29.6 Å². The fraction of sp³-hybridized carbons (Fsp3) is 0.500. The van der Waals surface area contributed by atoms with Crippen LogP contribution in [0.15, 0.2) is 18.3 Å². The first-order valence-corrected chi connectivity index (χ1v) is 6.96. The van der Waals surface area contributed by atoms with E-state index in [1.807, 2.05) is 0 Å². The third-order valence-electron chi connectivity index (χ3n) is 3.26. The highest BCUT2D eigenvalue weighted by Crippen LogP contribution is 2.11. The van der Waals surface area contributed by atoms with Gasteiger partial charge in [0.15, 0.2) is 0 Å². The Morgan fingerprint density at radius 3 is 2.81 bits per heavy atom. The zero-order chi connectivity index (χ0) is 15.1. The number of urea groups is 1. The molecule has 0 aliphatic carbocycles. The molecule has 1 fully saturated rings. The first-order chi connectivity index (χ1) is 10.1. The summed E-state index contributed by atoms with van der Waals surface area (Å²) in [7, 11) is 0. The maximum absolute atomic E-state index is 11.6. The van der Waals surface area contributed by atoms with Gasteiger partial charge in [-0.15, -0.1) is 0 Å². The lowest BCUT2D eigenvalue weighted by molar-refractivity contribution is 0.0184. The predicted molar refractivity (Wildman–Crippen MR) is 75.0 cm³/mol. The van der Waals surface area contributed by atoms with E-state index in [2.05, 4.69) is 15.6 Å². The van der Waals surface area contributed by atoms with Gasteiger partial charge in [-0.1, -0.05) is 6.07 Å². The van der Waals surface area contributed by atoms with Crippen LogP contribution in [-0.2, 0) is 11.3 Å². The van der Waals surface area contributed by atoms with Crippen LogP contribution >= 0.6 is 0 Å². The summed E-state index contributed by atoms with van der Waals surface area (Å²) in [6.07, 6.45) is 4.73. The average molecular weight is 293 g/mol. The lowest BCUT2D eigenvalue weighted by Gasteiger charge is -2.22. The number of carbonyl (C=O) groups excluding carboxylic acids is 1. The molecule has 0 aromatic carbocycles. The molecule has 0 radical (unpaired) electrons. The topological polar surface area (TPSA) is 101 Å². The van der Waals surface area contributed by atoms with E-state index in [4.69, 9.17) is 9.84 Å². The van der Waals surface area contributed by atoms with Gasteiger partial charge in [0.05, 0.1) is 6.10 Å². The van der Waals surface area contributed by atoms with Gasteiger partial charge in [-0.25, -0.2) is 14.6 Å². The Bertz CT molecular complexity index is 483. The van der Waals surface area contributed by atoms with E-state index in [9.17, 15) is 9.59 Å². The molecule has 7 heteroatoms. The number of rotatable bonds is 5. The molecule has 1 atom stereocenters. The summed E-state index contributed by atoms with van der Waals surface area (Å²) in [5.74, 6) is -1.07. The second-order valence-corrected chi connectivity index (χ2v) is 4.91. The number of carboxylic acids is 1. The molecule has 7 nitrogen and oxygen atoms in total. The number of nitrogens with zero attached hydrogens (tertiary/aromatic N) is 1. The molecular weight excluding hydrogens is 274 g/mol. The maximum Gasteiger partial charge on any atom is 0.354 e. The first-order valence-electron chi connectivity index (χ1n) is 6.96. The number of hydrogen-bond donors (Lipinski definition) is 3. The van der Waals surface area contributed by atoms with E-state index in [0.29, 0.717) is 13.1 Å². The second kappa shape index (κ2) is 7.58. The molecule has 1 aromatic rings. The molecule has 3 N–H and O–H groups in total. The van der Waals surface area contributed by atoms with Gasteiger partial charge in [-0.2, -0.15) is 0 Å². The highest BCUT2D eigenvalue weighted by Gasteiger charge is 2.14. The van der Waals surface area contributed by atoms with Crippen LogP contribution < -0.4 is 10.6 Å². The second-order valence-electron chi connectivity index (χ2n) is 4.91. The summed E-state index contributed by atoms with van der Waals surface area (Å²) in [6, 6.07) is 2.76. The van der Waals surface area contributed by atoms with Crippen molar-refractivity contribution in [3.8, 4) is 0 Å². The van der Waals surface area contributed by atoms with Gasteiger partial charge < -0.3 is 20.5 Å². The largest absolute Gasteiger partial charge is 0.477 e. The zero-order valence-corrected chi connectivity index (χ0v) is 11.7. The summed E-state index contributed by atoms with van der Waals surface area (Å²) in [4.78, 5) is 26.1. The molecule has 0 spiro atoms. The van der Waals surface area contributed by atoms with Crippen molar-refractivity contribution >= 4 is 12.0 Å². The number of nitrogens with one attached hydrogen (secondary N) is 2. The van der Waals surface area contributed by atoms with Crippen molar-refractivity contribution in [1.29, 1.82) is 0 Å². The Morgan fingerprint density at radius 1 is 1.33 bits per heavy atom. The van der Waals surface area contributed by atoms with Gasteiger partial charge in [-0.3, -0.25) is 0 Å². The number of hydrogen-bond acceptors (Lipinski definition) is 4. The van der Waals surface area contributed by atoms with E-state index in [1.165, 1.54) is 12.3 Å². The molecule has 0 bridgehead atoms. The van der Waals surface area contributed by atoms with Crippen molar-refractivity contribution in [3.63, 3.8) is 0 Å². The average Bonchev–Trinajstić information content (AvgIpc) is 2.52. The van der Waals surface area contributed by atoms with Gasteiger partial charge in [0.25, 0.3) is 0 Å². The lowest BCUT2D eigenvalue weighted by Crippen LogP contribution is -2.41. The molecule has 1 unspecified atom stereocenters. The Morgan fingerprint density at radius 2 is 2.19 bits per heavy atom. The standard InChI is InChI=1S/C14H19N3O4/c18-13(19)12-5-4-10(7-15-12)8-16-14(20)17-9-11-3-1-2-6-21-11/h4-5,7,11H,1-3,6,8-9H2,(H,18,19)(H2,16,17,20). The molecular formula is C14H19N3O4. The van der Waals surface area contributed by atoms with Crippen LogP contribution in [0.2, 0.25) is 0 Å². The van der Waals surface area contributed by atoms with Gasteiger partial charge in [-0.05, 0) is 30.9 Å². The van der Waals surface area contributed by atoms with Gasteiger partial charge in [0, 0.05) is 25.9 Å². The highest BCUT2D eigenvalue weighted by atomic mass is 16.5. The molecule has 21 heavy (non-hydrogen) atoms. The van der Waals surface area contributed by atoms with E-state index < -0.39 is 5.97 Å². The van der Waals surface area contributed by atoms with Crippen LogP contribution in [0.1, 0.15) is 35.3 Å². The lowest BCUT2D eigenvalue weighted by atomic mass is 10.1. The van der Waals surface area contributed by atoms with Crippen molar-refractivity contribution in [2.75, 3.05) is 13.2 Å². The Labute approximate surface area is 122 Å². The number of pyridine rings is 1. The quantitative estimate of drug-likeness (QED) is 0.756. The van der Waals surface area contributed by atoms with Crippen LogP contribution in [0.25, 0.3) is 0 Å². The molecule has 2 amide bonds. The number of aromatic nitrogens is 1. The van der Waals surface area contributed by atoms with Crippen LogP contribution in [0.5, 0.6) is 0 Å². The minimum absolute atomic E-state index is 0.0161. The first kappa shape index (κ1) is 15.2. The number of amides is 2. The summed E-state index contributed by atoms with van der Waals surface area (Å²) in [5, 5.41) is 14.2.